The van der Waals surface area contributed by atoms with Crippen molar-refractivity contribution in [3.05, 3.63) is 58.3 Å². The van der Waals surface area contributed by atoms with Crippen LogP contribution in [0.5, 0.6) is 5.75 Å². The Hall–Kier alpha value is -3.09. The summed E-state index contributed by atoms with van der Waals surface area (Å²) in [5.41, 5.74) is 2.03. The quantitative estimate of drug-likeness (QED) is 0.741. The third-order valence-corrected chi connectivity index (χ3v) is 3.91. The molecule has 0 bridgehead atoms. The van der Waals surface area contributed by atoms with Gasteiger partial charge in [0, 0.05) is 30.8 Å². The van der Waals surface area contributed by atoms with Gasteiger partial charge in [0.1, 0.15) is 11.3 Å². The second-order valence-corrected chi connectivity index (χ2v) is 5.63. The van der Waals surface area contributed by atoms with Crippen LogP contribution in [0.25, 0.3) is 11.1 Å². The molecule has 7 nitrogen and oxygen atoms in total. The summed E-state index contributed by atoms with van der Waals surface area (Å²) in [6.45, 7) is 2.37. The minimum atomic E-state index is -0.171. The summed E-state index contributed by atoms with van der Waals surface area (Å²) < 4.78 is 12.3. The highest BCUT2D eigenvalue weighted by atomic mass is 16.5. The van der Waals surface area contributed by atoms with Crippen LogP contribution in [0.3, 0.4) is 0 Å². The molecule has 0 aliphatic rings. The van der Waals surface area contributed by atoms with E-state index in [4.69, 9.17) is 9.15 Å². The number of carbonyl (C=O) groups is 1. The molecular formula is C18H19N3O4. The maximum absolute atomic E-state index is 12.0. The highest BCUT2D eigenvalue weighted by Crippen LogP contribution is 2.21. The van der Waals surface area contributed by atoms with Crippen molar-refractivity contribution in [2.75, 3.05) is 7.11 Å². The fraction of sp³-hybridized carbons (Fsp3) is 0.278. The maximum Gasteiger partial charge on any atom is 0.250 e. The van der Waals surface area contributed by atoms with Gasteiger partial charge in [-0.1, -0.05) is 6.07 Å². The highest BCUT2D eigenvalue weighted by molar-refractivity contribution is 5.76. The summed E-state index contributed by atoms with van der Waals surface area (Å²) in [7, 11) is 1.59. The zero-order valence-corrected chi connectivity index (χ0v) is 14.1. The first-order chi connectivity index (χ1) is 12.1. The topological polar surface area (TPSA) is 86.4 Å². The van der Waals surface area contributed by atoms with Crippen LogP contribution in [0.4, 0.5) is 0 Å². The van der Waals surface area contributed by atoms with Gasteiger partial charge in [0.25, 0.3) is 5.56 Å². The fourth-order valence-electron chi connectivity index (χ4n) is 2.54. The van der Waals surface area contributed by atoms with Gasteiger partial charge in [-0.25, -0.2) is 4.98 Å². The van der Waals surface area contributed by atoms with Crippen LogP contribution in [-0.4, -0.2) is 22.6 Å². The van der Waals surface area contributed by atoms with E-state index in [1.54, 1.807) is 35.9 Å². The molecule has 0 saturated heterocycles. The number of nitrogens with one attached hydrogen (secondary N) is 1. The third-order valence-electron chi connectivity index (χ3n) is 3.91. The van der Waals surface area contributed by atoms with E-state index in [1.807, 2.05) is 13.0 Å². The Balaban J connectivity index is 1.58. The van der Waals surface area contributed by atoms with E-state index >= 15 is 0 Å². The molecule has 2 aromatic heterocycles. The zero-order chi connectivity index (χ0) is 17.8. The predicted octanol–water partition coefficient (Wildman–Crippen LogP) is 2.01. The van der Waals surface area contributed by atoms with E-state index in [0.717, 1.165) is 5.69 Å². The number of hydrogen-bond donors (Lipinski definition) is 1. The van der Waals surface area contributed by atoms with Crippen LogP contribution >= 0.6 is 0 Å². The van der Waals surface area contributed by atoms with E-state index in [1.165, 1.54) is 6.07 Å². The lowest BCUT2D eigenvalue weighted by Gasteiger charge is -2.08. The Bertz CT molecular complexity index is 958. The molecule has 1 amide bonds. The second kappa shape index (κ2) is 7.21. The van der Waals surface area contributed by atoms with E-state index in [9.17, 15) is 9.59 Å². The van der Waals surface area contributed by atoms with E-state index < -0.39 is 0 Å². The Morgan fingerprint density at radius 1 is 1.32 bits per heavy atom. The van der Waals surface area contributed by atoms with Crippen molar-refractivity contribution in [1.82, 2.24) is 14.9 Å². The molecule has 0 fully saturated rings. The Kier molecular flexibility index (Phi) is 4.83. The smallest absolute Gasteiger partial charge is 0.250 e. The molecule has 0 aliphatic carbocycles. The van der Waals surface area contributed by atoms with Gasteiger partial charge in [-0.2, -0.15) is 0 Å². The molecule has 1 N–H and O–H groups in total. The summed E-state index contributed by atoms with van der Waals surface area (Å²) >= 11 is 0. The van der Waals surface area contributed by atoms with Gasteiger partial charge in [-0.05, 0) is 25.1 Å². The second-order valence-electron chi connectivity index (χ2n) is 5.63. The number of hydrogen-bond acceptors (Lipinski definition) is 5. The SMILES string of the molecule is COc1ccc2oc(CNC(=O)CCn3c(C)cccc3=O)nc2c1. The number of methoxy groups -OCH3 is 1. The molecule has 0 aliphatic heterocycles. The fourth-order valence-corrected chi connectivity index (χ4v) is 2.54. The number of amides is 1. The summed E-state index contributed by atoms with van der Waals surface area (Å²) in [4.78, 5) is 28.1. The van der Waals surface area contributed by atoms with E-state index in [0.29, 0.717) is 29.3 Å². The number of rotatable bonds is 6. The molecule has 7 heteroatoms. The number of carbonyl (C=O) groups excluding carboxylic acids is 1. The van der Waals surface area contributed by atoms with Gasteiger partial charge in [-0.3, -0.25) is 9.59 Å². The summed E-state index contributed by atoms with van der Waals surface area (Å²) in [5.74, 6) is 0.944. The normalized spacial score (nSPS) is 10.8. The average molecular weight is 341 g/mol. The predicted molar refractivity (Wildman–Crippen MR) is 92.5 cm³/mol. The van der Waals surface area contributed by atoms with Gasteiger partial charge >= 0.3 is 0 Å². The molecule has 3 rings (SSSR count). The number of benzene rings is 1. The molecule has 0 saturated carbocycles. The van der Waals surface area contributed by atoms with Crippen molar-refractivity contribution < 1.29 is 13.9 Å². The molecular weight excluding hydrogens is 322 g/mol. The molecule has 0 atom stereocenters. The lowest BCUT2D eigenvalue weighted by atomic mass is 10.3. The Labute approximate surface area is 144 Å². The molecule has 0 unspecified atom stereocenters. The molecule has 130 valence electrons. The van der Waals surface area contributed by atoms with Crippen molar-refractivity contribution in [3.8, 4) is 5.75 Å². The molecule has 1 aromatic carbocycles. The van der Waals surface area contributed by atoms with Gasteiger partial charge in [0.05, 0.1) is 13.7 Å². The van der Waals surface area contributed by atoms with Crippen LogP contribution < -0.4 is 15.6 Å². The number of aryl methyl sites for hydroxylation is 1. The molecule has 3 aromatic rings. The monoisotopic (exact) mass is 341 g/mol. The summed E-state index contributed by atoms with van der Waals surface area (Å²) in [6, 6.07) is 10.4. The van der Waals surface area contributed by atoms with Gasteiger partial charge in [-0.15, -0.1) is 0 Å². The largest absolute Gasteiger partial charge is 0.497 e. The standard InChI is InChI=1S/C18H19N3O4/c1-12-4-3-5-18(23)21(12)9-8-16(22)19-11-17-20-14-10-13(24-2)6-7-15(14)25-17/h3-7,10H,8-9,11H2,1-2H3,(H,19,22). The van der Waals surface area contributed by atoms with Gasteiger partial charge in [0.15, 0.2) is 5.58 Å². The van der Waals surface area contributed by atoms with Crippen molar-refractivity contribution >= 4 is 17.0 Å². The van der Waals surface area contributed by atoms with Crippen molar-refractivity contribution in [2.24, 2.45) is 0 Å². The van der Waals surface area contributed by atoms with E-state index in [-0.39, 0.29) is 24.4 Å². The minimum absolute atomic E-state index is 0.110. The summed E-state index contributed by atoms with van der Waals surface area (Å²) in [5, 5.41) is 2.76. The van der Waals surface area contributed by atoms with Crippen molar-refractivity contribution in [1.29, 1.82) is 0 Å². The first kappa shape index (κ1) is 16.8. The summed E-state index contributed by atoms with van der Waals surface area (Å²) in [6.07, 6.45) is 0.207. The van der Waals surface area contributed by atoms with Gasteiger partial charge < -0.3 is 19.0 Å². The van der Waals surface area contributed by atoms with Crippen LogP contribution in [-0.2, 0) is 17.9 Å². The lowest BCUT2D eigenvalue weighted by Crippen LogP contribution is -2.27. The average Bonchev–Trinajstić information content (AvgIpc) is 3.01. The number of aromatic nitrogens is 2. The number of ether oxygens (including phenoxy) is 1. The first-order valence-corrected chi connectivity index (χ1v) is 7.93. The third kappa shape index (κ3) is 3.88. The number of nitrogens with zero attached hydrogens (tertiary/aromatic N) is 2. The highest BCUT2D eigenvalue weighted by Gasteiger charge is 2.09. The zero-order valence-electron chi connectivity index (χ0n) is 14.1. The van der Waals surface area contributed by atoms with Gasteiger partial charge in [0.2, 0.25) is 11.8 Å². The number of fused-ring (bicyclic) bond motifs is 1. The maximum atomic E-state index is 12.0. The van der Waals surface area contributed by atoms with E-state index in [2.05, 4.69) is 10.3 Å². The van der Waals surface area contributed by atoms with Crippen molar-refractivity contribution in [3.63, 3.8) is 0 Å². The number of pyridine rings is 1. The molecule has 0 spiro atoms. The van der Waals surface area contributed by atoms with Crippen LogP contribution in [0, 0.1) is 6.92 Å². The first-order valence-electron chi connectivity index (χ1n) is 7.93. The van der Waals surface area contributed by atoms with Crippen molar-refractivity contribution in [2.45, 2.75) is 26.4 Å². The van der Waals surface area contributed by atoms with Crippen LogP contribution in [0.2, 0.25) is 0 Å². The lowest BCUT2D eigenvalue weighted by molar-refractivity contribution is -0.121. The molecule has 25 heavy (non-hydrogen) atoms. The van der Waals surface area contributed by atoms with Crippen LogP contribution in [0.1, 0.15) is 18.0 Å². The number of oxazole rings is 1. The Morgan fingerprint density at radius 3 is 2.92 bits per heavy atom. The molecule has 2 heterocycles. The minimum Gasteiger partial charge on any atom is -0.497 e. The Morgan fingerprint density at radius 2 is 2.16 bits per heavy atom. The van der Waals surface area contributed by atoms with Crippen LogP contribution in [0.15, 0.2) is 45.6 Å². The molecule has 0 radical (unpaired) electrons.